The minimum atomic E-state index is -0.466. The third kappa shape index (κ3) is 7.56. The second-order valence-corrected chi connectivity index (χ2v) is 5.93. The van der Waals surface area contributed by atoms with Crippen LogP contribution in [0.1, 0.15) is 45.3 Å². The van der Waals surface area contributed by atoms with Gasteiger partial charge in [-0.2, -0.15) is 0 Å². The van der Waals surface area contributed by atoms with Crippen LogP contribution in [0.15, 0.2) is 28.7 Å². The molecule has 0 bridgehead atoms. The quantitative estimate of drug-likeness (QED) is 0.790. The van der Waals surface area contributed by atoms with Gasteiger partial charge in [-0.25, -0.2) is 4.79 Å². The molecule has 0 saturated heterocycles. The van der Waals surface area contributed by atoms with Crippen molar-refractivity contribution in [1.82, 2.24) is 10.6 Å². The molecule has 1 amide bonds. The maximum atomic E-state index is 11.4. The van der Waals surface area contributed by atoms with Crippen molar-refractivity contribution in [3.63, 3.8) is 0 Å². The topological polar surface area (TPSA) is 63.5 Å². The second-order valence-electron chi connectivity index (χ2n) is 5.93. The van der Waals surface area contributed by atoms with Crippen LogP contribution in [-0.2, 0) is 4.74 Å². The second kappa shape index (κ2) is 7.88. The number of carbonyl (C=O) groups excluding carboxylic acids is 1. The van der Waals surface area contributed by atoms with Crippen molar-refractivity contribution in [2.45, 2.75) is 46.3 Å². The zero-order valence-electron chi connectivity index (χ0n) is 13.5. The van der Waals surface area contributed by atoms with Crippen molar-refractivity contribution in [3.05, 3.63) is 35.8 Å². The smallest absolute Gasteiger partial charge is 0.407 e. The molecule has 0 aliphatic carbocycles. The molecular weight excluding hydrogens is 268 g/mol. The standard InChI is InChI=1S/C16H26N2O3/c1-12-8-9-14(20-12)13(2)17-10-6-7-11-18-15(19)21-16(3,4)5/h6-9,13,17H,10-11H2,1-5H3,(H,18,19)/b7-6+. The number of hydrogen-bond donors (Lipinski definition) is 2. The highest BCUT2D eigenvalue weighted by molar-refractivity contribution is 5.67. The maximum absolute atomic E-state index is 11.4. The molecule has 2 N–H and O–H groups in total. The van der Waals surface area contributed by atoms with E-state index >= 15 is 0 Å². The lowest BCUT2D eigenvalue weighted by molar-refractivity contribution is 0.0534. The van der Waals surface area contributed by atoms with Crippen LogP contribution in [-0.4, -0.2) is 24.8 Å². The van der Waals surface area contributed by atoms with Crippen LogP contribution < -0.4 is 10.6 Å². The molecule has 1 aromatic rings. The van der Waals surface area contributed by atoms with Gasteiger partial charge in [0.1, 0.15) is 17.1 Å². The molecule has 0 fully saturated rings. The Bertz CT molecular complexity index is 472. The summed E-state index contributed by atoms with van der Waals surface area (Å²) in [4.78, 5) is 11.4. The van der Waals surface area contributed by atoms with Crippen LogP contribution in [0.3, 0.4) is 0 Å². The van der Waals surface area contributed by atoms with E-state index in [1.165, 1.54) is 0 Å². The third-order valence-electron chi connectivity index (χ3n) is 2.66. The summed E-state index contributed by atoms with van der Waals surface area (Å²) in [5.41, 5.74) is -0.466. The first kappa shape index (κ1) is 17.3. The Labute approximate surface area is 126 Å². The molecule has 1 aromatic heterocycles. The lowest BCUT2D eigenvalue weighted by Gasteiger charge is -2.19. The summed E-state index contributed by atoms with van der Waals surface area (Å²) >= 11 is 0. The minimum absolute atomic E-state index is 0.155. The molecule has 0 saturated carbocycles. The number of carbonyl (C=O) groups is 1. The van der Waals surface area contributed by atoms with Crippen molar-refractivity contribution in [2.24, 2.45) is 0 Å². The molecule has 0 spiro atoms. The Kier molecular flexibility index (Phi) is 6.49. The highest BCUT2D eigenvalue weighted by Crippen LogP contribution is 2.14. The van der Waals surface area contributed by atoms with Gasteiger partial charge in [-0.3, -0.25) is 0 Å². The molecule has 118 valence electrons. The summed E-state index contributed by atoms with van der Waals surface area (Å²) in [5.74, 6) is 1.84. The minimum Gasteiger partial charge on any atom is -0.465 e. The number of ether oxygens (including phenoxy) is 1. The molecule has 1 heterocycles. The van der Waals surface area contributed by atoms with Gasteiger partial charge in [0.05, 0.1) is 6.04 Å². The molecule has 1 rings (SSSR count). The molecule has 1 atom stereocenters. The van der Waals surface area contributed by atoms with Crippen LogP contribution in [0.5, 0.6) is 0 Å². The lowest BCUT2D eigenvalue weighted by Crippen LogP contribution is -2.32. The Hall–Kier alpha value is -1.75. The predicted molar refractivity (Wildman–Crippen MR) is 83.2 cm³/mol. The van der Waals surface area contributed by atoms with Gasteiger partial charge in [0.15, 0.2) is 0 Å². The van der Waals surface area contributed by atoms with Crippen molar-refractivity contribution >= 4 is 6.09 Å². The first-order valence-electron chi connectivity index (χ1n) is 7.19. The fourth-order valence-corrected chi connectivity index (χ4v) is 1.65. The molecule has 1 unspecified atom stereocenters. The van der Waals surface area contributed by atoms with Crippen LogP contribution in [0.25, 0.3) is 0 Å². The van der Waals surface area contributed by atoms with E-state index < -0.39 is 11.7 Å². The Morgan fingerprint density at radius 2 is 2.00 bits per heavy atom. The van der Waals surface area contributed by atoms with Gasteiger partial charge in [0.2, 0.25) is 0 Å². The van der Waals surface area contributed by atoms with Crippen LogP contribution in [0.2, 0.25) is 0 Å². The summed E-state index contributed by atoms with van der Waals surface area (Å²) in [6.45, 7) is 10.6. The first-order valence-corrected chi connectivity index (χ1v) is 7.19. The normalized spacial score (nSPS) is 13.4. The molecule has 0 radical (unpaired) electrons. The summed E-state index contributed by atoms with van der Waals surface area (Å²) in [7, 11) is 0. The molecule has 5 heteroatoms. The SMILES string of the molecule is Cc1ccc(C(C)NC/C=C/CNC(=O)OC(C)(C)C)o1. The van der Waals surface area contributed by atoms with E-state index in [0.29, 0.717) is 13.1 Å². The number of nitrogens with one attached hydrogen (secondary N) is 2. The van der Waals surface area contributed by atoms with Crippen molar-refractivity contribution < 1.29 is 13.9 Å². The largest absolute Gasteiger partial charge is 0.465 e. The van der Waals surface area contributed by atoms with Crippen LogP contribution in [0, 0.1) is 6.92 Å². The fourth-order valence-electron chi connectivity index (χ4n) is 1.65. The number of amides is 1. The van der Waals surface area contributed by atoms with Gasteiger partial charge in [-0.1, -0.05) is 12.2 Å². The first-order chi connectivity index (χ1) is 9.78. The number of hydrogen-bond acceptors (Lipinski definition) is 4. The average molecular weight is 294 g/mol. The Morgan fingerprint density at radius 1 is 1.33 bits per heavy atom. The van der Waals surface area contributed by atoms with Gasteiger partial charge in [0.25, 0.3) is 0 Å². The molecular formula is C16H26N2O3. The zero-order valence-corrected chi connectivity index (χ0v) is 13.5. The Morgan fingerprint density at radius 3 is 2.57 bits per heavy atom. The third-order valence-corrected chi connectivity index (χ3v) is 2.66. The molecule has 21 heavy (non-hydrogen) atoms. The highest BCUT2D eigenvalue weighted by atomic mass is 16.6. The van der Waals surface area contributed by atoms with Crippen molar-refractivity contribution in [1.29, 1.82) is 0 Å². The summed E-state index contributed by atoms with van der Waals surface area (Å²) in [6.07, 6.45) is 3.44. The van der Waals surface area contributed by atoms with E-state index in [9.17, 15) is 4.79 Å². The molecule has 5 nitrogen and oxygen atoms in total. The van der Waals surface area contributed by atoms with Crippen LogP contribution >= 0.6 is 0 Å². The fraction of sp³-hybridized carbons (Fsp3) is 0.562. The Balaban J connectivity index is 2.16. The van der Waals surface area contributed by atoms with Gasteiger partial charge in [-0.05, 0) is 46.8 Å². The molecule has 0 aliphatic heterocycles. The van der Waals surface area contributed by atoms with E-state index in [0.717, 1.165) is 11.5 Å². The zero-order chi connectivity index (χ0) is 15.9. The number of rotatable bonds is 6. The predicted octanol–water partition coefficient (Wildman–Crippen LogP) is 3.32. The van der Waals surface area contributed by atoms with E-state index in [1.54, 1.807) is 0 Å². The summed E-state index contributed by atoms with van der Waals surface area (Å²) < 4.78 is 10.7. The highest BCUT2D eigenvalue weighted by Gasteiger charge is 2.14. The van der Waals surface area contributed by atoms with E-state index in [2.05, 4.69) is 10.6 Å². The monoisotopic (exact) mass is 294 g/mol. The van der Waals surface area contributed by atoms with Crippen molar-refractivity contribution in [3.8, 4) is 0 Å². The molecule has 0 aromatic carbocycles. The number of alkyl carbamates (subject to hydrolysis) is 1. The van der Waals surface area contributed by atoms with E-state index in [4.69, 9.17) is 9.15 Å². The summed E-state index contributed by atoms with van der Waals surface area (Å²) in [6, 6.07) is 4.08. The number of aryl methyl sites for hydroxylation is 1. The van der Waals surface area contributed by atoms with E-state index in [1.807, 2.05) is 58.9 Å². The van der Waals surface area contributed by atoms with E-state index in [-0.39, 0.29) is 6.04 Å². The maximum Gasteiger partial charge on any atom is 0.407 e. The van der Waals surface area contributed by atoms with Gasteiger partial charge in [-0.15, -0.1) is 0 Å². The van der Waals surface area contributed by atoms with Crippen LogP contribution in [0.4, 0.5) is 4.79 Å². The van der Waals surface area contributed by atoms with Gasteiger partial charge < -0.3 is 19.8 Å². The van der Waals surface area contributed by atoms with Crippen molar-refractivity contribution in [2.75, 3.05) is 13.1 Å². The lowest BCUT2D eigenvalue weighted by atomic mass is 10.2. The van der Waals surface area contributed by atoms with Gasteiger partial charge in [0, 0.05) is 13.1 Å². The number of furan rings is 1. The molecule has 0 aliphatic rings. The average Bonchev–Trinajstić information content (AvgIpc) is 2.78. The summed E-state index contributed by atoms with van der Waals surface area (Å²) in [5, 5.41) is 5.98. The van der Waals surface area contributed by atoms with Gasteiger partial charge >= 0.3 is 6.09 Å².